The molecule has 1 fully saturated rings. The molecule has 2 heterocycles. The van der Waals surface area contributed by atoms with Gasteiger partial charge in [0.1, 0.15) is 12.4 Å². The average molecular weight is 340 g/mol. The fraction of sp³-hybridized carbons (Fsp3) is 0.278. The molecule has 0 aliphatic carbocycles. The molecule has 2 aromatic rings. The number of aromatic nitrogens is 1. The van der Waals surface area contributed by atoms with Crippen molar-refractivity contribution in [1.29, 1.82) is 0 Å². The highest BCUT2D eigenvalue weighted by atomic mass is 16.6. The van der Waals surface area contributed by atoms with E-state index in [0.717, 1.165) is 0 Å². The molecule has 7 nitrogen and oxygen atoms in total. The molecule has 0 saturated carbocycles. The smallest absolute Gasteiger partial charge is 0.414 e. The summed E-state index contributed by atoms with van der Waals surface area (Å²) in [6, 6.07) is 10.7. The number of carbonyl (C=O) groups is 2. The number of ether oxygens (including phenoxy) is 1. The Kier molecular flexibility index (Phi) is 4.83. The summed E-state index contributed by atoms with van der Waals surface area (Å²) in [4.78, 5) is 30.1. The molecular formula is C18H20N4O3. The van der Waals surface area contributed by atoms with E-state index in [0.29, 0.717) is 35.9 Å². The number of nitrogens with zero attached hydrogens (tertiary/aromatic N) is 2. The van der Waals surface area contributed by atoms with Gasteiger partial charge in [-0.2, -0.15) is 0 Å². The van der Waals surface area contributed by atoms with Crippen LogP contribution >= 0.6 is 0 Å². The lowest BCUT2D eigenvalue weighted by molar-refractivity contribution is 0.102. The molecule has 2 N–H and O–H groups in total. The summed E-state index contributed by atoms with van der Waals surface area (Å²) in [7, 11) is 0. The normalized spacial score (nSPS) is 13.7. The molecule has 7 heteroatoms. The van der Waals surface area contributed by atoms with Crippen LogP contribution in [0.15, 0.2) is 42.6 Å². The van der Waals surface area contributed by atoms with Gasteiger partial charge in [0.15, 0.2) is 0 Å². The van der Waals surface area contributed by atoms with Gasteiger partial charge in [-0.15, -0.1) is 0 Å². The number of carbonyl (C=O) groups excluding carboxylic acids is 2. The minimum Gasteiger partial charge on any atom is -0.447 e. The zero-order valence-electron chi connectivity index (χ0n) is 14.2. The van der Waals surface area contributed by atoms with E-state index in [1.807, 2.05) is 13.8 Å². The first-order chi connectivity index (χ1) is 12.0. The van der Waals surface area contributed by atoms with Gasteiger partial charge in [0.2, 0.25) is 0 Å². The molecule has 130 valence electrons. The summed E-state index contributed by atoms with van der Waals surface area (Å²) in [5.74, 6) is 0.270. The van der Waals surface area contributed by atoms with Gasteiger partial charge in [-0.3, -0.25) is 9.69 Å². The molecule has 3 rings (SSSR count). The van der Waals surface area contributed by atoms with Crippen molar-refractivity contribution in [2.45, 2.75) is 19.9 Å². The lowest BCUT2D eigenvalue weighted by Crippen LogP contribution is -2.23. The number of amides is 2. The highest BCUT2D eigenvalue weighted by Gasteiger charge is 2.23. The van der Waals surface area contributed by atoms with Crippen molar-refractivity contribution in [3.63, 3.8) is 0 Å². The number of anilines is 3. The average Bonchev–Trinajstić information content (AvgIpc) is 3.01. The molecule has 1 saturated heterocycles. The number of hydrogen-bond donors (Lipinski definition) is 2. The Hall–Kier alpha value is -3.09. The van der Waals surface area contributed by atoms with E-state index in [1.54, 1.807) is 42.6 Å². The predicted octanol–water partition coefficient (Wildman–Crippen LogP) is 3.11. The summed E-state index contributed by atoms with van der Waals surface area (Å²) in [6.45, 7) is 4.83. The third kappa shape index (κ3) is 3.88. The second-order valence-electron chi connectivity index (χ2n) is 5.97. The van der Waals surface area contributed by atoms with Crippen LogP contribution in [-0.2, 0) is 4.74 Å². The molecule has 0 unspecified atom stereocenters. The molecule has 1 aromatic carbocycles. The number of hydrogen-bond acceptors (Lipinski definition) is 5. The Bertz CT molecular complexity index is 791. The third-order valence-electron chi connectivity index (χ3n) is 3.65. The Morgan fingerprint density at radius 1 is 1.28 bits per heavy atom. The molecule has 1 aliphatic heterocycles. The summed E-state index contributed by atoms with van der Waals surface area (Å²) < 4.78 is 4.95. The van der Waals surface area contributed by atoms with Gasteiger partial charge in [-0.25, -0.2) is 9.78 Å². The van der Waals surface area contributed by atoms with Gasteiger partial charge in [0, 0.05) is 23.6 Å². The van der Waals surface area contributed by atoms with Crippen molar-refractivity contribution in [3.8, 4) is 0 Å². The number of cyclic esters (lactones) is 1. The van der Waals surface area contributed by atoms with Crippen molar-refractivity contribution < 1.29 is 14.3 Å². The minimum atomic E-state index is -0.376. The van der Waals surface area contributed by atoms with Crippen LogP contribution in [-0.4, -0.2) is 36.2 Å². The Morgan fingerprint density at radius 2 is 2.12 bits per heavy atom. The predicted molar refractivity (Wildman–Crippen MR) is 96.1 cm³/mol. The van der Waals surface area contributed by atoms with Crippen LogP contribution in [0.4, 0.5) is 22.0 Å². The topological polar surface area (TPSA) is 83.6 Å². The lowest BCUT2D eigenvalue weighted by atomic mass is 10.2. The van der Waals surface area contributed by atoms with Gasteiger partial charge in [-0.1, -0.05) is 6.07 Å². The minimum absolute atomic E-state index is 0.158. The lowest BCUT2D eigenvalue weighted by Gasteiger charge is -2.15. The van der Waals surface area contributed by atoms with E-state index < -0.39 is 0 Å². The molecule has 0 bridgehead atoms. The maximum atomic E-state index is 12.6. The SMILES string of the molecule is CC(C)Nc1ncccc1C(=O)Nc1cccc(N2CCOC2=O)c1. The van der Waals surface area contributed by atoms with E-state index >= 15 is 0 Å². The molecule has 0 atom stereocenters. The highest BCUT2D eigenvalue weighted by Crippen LogP contribution is 2.23. The summed E-state index contributed by atoms with van der Waals surface area (Å²) in [5.41, 5.74) is 1.75. The first-order valence-corrected chi connectivity index (χ1v) is 8.12. The Labute approximate surface area is 146 Å². The molecule has 0 spiro atoms. The van der Waals surface area contributed by atoms with Gasteiger partial charge in [0.05, 0.1) is 12.1 Å². The fourth-order valence-electron chi connectivity index (χ4n) is 2.55. The summed E-state index contributed by atoms with van der Waals surface area (Å²) in [6.07, 6.45) is 1.26. The van der Waals surface area contributed by atoms with E-state index in [1.165, 1.54) is 4.90 Å². The first-order valence-electron chi connectivity index (χ1n) is 8.12. The standard InChI is InChI=1S/C18H20N4O3/c1-12(2)20-16-15(7-4-8-19-16)17(23)21-13-5-3-6-14(11-13)22-9-10-25-18(22)24/h3-8,11-12H,9-10H2,1-2H3,(H,19,20)(H,21,23). The van der Waals surface area contributed by atoms with E-state index in [4.69, 9.17) is 4.74 Å². The van der Waals surface area contributed by atoms with Gasteiger partial charge in [-0.05, 0) is 44.2 Å². The number of benzene rings is 1. The first kappa shape index (κ1) is 16.8. The van der Waals surface area contributed by atoms with Crippen LogP contribution < -0.4 is 15.5 Å². The largest absolute Gasteiger partial charge is 0.447 e. The van der Waals surface area contributed by atoms with Crippen LogP contribution in [0.5, 0.6) is 0 Å². The van der Waals surface area contributed by atoms with Crippen LogP contribution in [0, 0.1) is 0 Å². The summed E-state index contributed by atoms with van der Waals surface area (Å²) >= 11 is 0. The number of nitrogens with one attached hydrogen (secondary N) is 2. The maximum absolute atomic E-state index is 12.6. The number of pyridine rings is 1. The van der Waals surface area contributed by atoms with Crippen molar-refractivity contribution >= 4 is 29.2 Å². The Balaban J connectivity index is 1.79. The fourth-order valence-corrected chi connectivity index (χ4v) is 2.55. The van der Waals surface area contributed by atoms with Crippen LogP contribution in [0.3, 0.4) is 0 Å². The molecule has 1 aliphatic rings. The maximum Gasteiger partial charge on any atom is 0.414 e. The van der Waals surface area contributed by atoms with E-state index in [9.17, 15) is 9.59 Å². The zero-order chi connectivity index (χ0) is 17.8. The van der Waals surface area contributed by atoms with Crippen LogP contribution in [0.1, 0.15) is 24.2 Å². The van der Waals surface area contributed by atoms with E-state index in [-0.39, 0.29) is 18.0 Å². The molecule has 0 radical (unpaired) electrons. The summed E-state index contributed by atoms with van der Waals surface area (Å²) in [5, 5.41) is 6.01. The van der Waals surface area contributed by atoms with Crippen molar-refractivity contribution in [3.05, 3.63) is 48.2 Å². The monoisotopic (exact) mass is 340 g/mol. The highest BCUT2D eigenvalue weighted by molar-refractivity contribution is 6.07. The molecule has 2 amide bonds. The molecule has 1 aromatic heterocycles. The Morgan fingerprint density at radius 3 is 2.84 bits per heavy atom. The second kappa shape index (κ2) is 7.21. The number of rotatable bonds is 5. The molecular weight excluding hydrogens is 320 g/mol. The van der Waals surface area contributed by atoms with E-state index in [2.05, 4.69) is 15.6 Å². The van der Waals surface area contributed by atoms with Crippen molar-refractivity contribution in [2.24, 2.45) is 0 Å². The zero-order valence-corrected chi connectivity index (χ0v) is 14.2. The quantitative estimate of drug-likeness (QED) is 0.874. The second-order valence-corrected chi connectivity index (χ2v) is 5.97. The third-order valence-corrected chi connectivity index (χ3v) is 3.65. The van der Waals surface area contributed by atoms with Gasteiger partial charge >= 0.3 is 6.09 Å². The van der Waals surface area contributed by atoms with Gasteiger partial charge < -0.3 is 15.4 Å². The van der Waals surface area contributed by atoms with Crippen LogP contribution in [0.2, 0.25) is 0 Å². The molecule has 25 heavy (non-hydrogen) atoms. The van der Waals surface area contributed by atoms with Gasteiger partial charge in [0.25, 0.3) is 5.91 Å². The van der Waals surface area contributed by atoms with Crippen molar-refractivity contribution in [1.82, 2.24) is 4.98 Å². The van der Waals surface area contributed by atoms with Crippen molar-refractivity contribution in [2.75, 3.05) is 28.7 Å². The van der Waals surface area contributed by atoms with Crippen LogP contribution in [0.25, 0.3) is 0 Å².